The zero-order valence-corrected chi connectivity index (χ0v) is 17.4. The van der Waals surface area contributed by atoms with Gasteiger partial charge in [0.15, 0.2) is 5.82 Å². The predicted octanol–water partition coefficient (Wildman–Crippen LogP) is 3.67. The van der Waals surface area contributed by atoms with Crippen LogP contribution in [0.25, 0.3) is 11.4 Å². The molecule has 4 heterocycles. The molecule has 3 aromatic heterocycles. The summed E-state index contributed by atoms with van der Waals surface area (Å²) in [6, 6.07) is 3.91. The lowest BCUT2D eigenvalue weighted by Crippen LogP contribution is -2.31. The first-order valence-electron chi connectivity index (χ1n) is 9.86. The van der Waals surface area contributed by atoms with Crippen molar-refractivity contribution in [2.75, 3.05) is 6.54 Å². The third-order valence-electron chi connectivity index (χ3n) is 5.41. The van der Waals surface area contributed by atoms with Gasteiger partial charge in [-0.2, -0.15) is 5.10 Å². The van der Waals surface area contributed by atoms with E-state index in [9.17, 15) is 0 Å². The molecule has 0 aliphatic carbocycles. The van der Waals surface area contributed by atoms with Crippen LogP contribution in [-0.4, -0.2) is 36.2 Å². The average molecular weight is 377 g/mol. The van der Waals surface area contributed by atoms with Gasteiger partial charge >= 0.3 is 0 Å². The van der Waals surface area contributed by atoms with Crippen LogP contribution in [0.1, 0.15) is 49.0 Å². The number of aryl methyl sites for hydroxylation is 1. The molecule has 1 aliphatic rings. The summed E-state index contributed by atoms with van der Waals surface area (Å²) in [5.41, 5.74) is 7.13. The van der Waals surface area contributed by atoms with Gasteiger partial charge in [-0.05, 0) is 46.8 Å². The Balaban J connectivity index is 1.53. The Kier molecular flexibility index (Phi) is 4.75. The molecule has 6 heteroatoms. The van der Waals surface area contributed by atoms with Crippen LogP contribution in [0.15, 0.2) is 30.7 Å². The van der Waals surface area contributed by atoms with E-state index in [-0.39, 0.29) is 5.54 Å². The van der Waals surface area contributed by atoms with E-state index < -0.39 is 0 Å². The van der Waals surface area contributed by atoms with Gasteiger partial charge in [0, 0.05) is 67.0 Å². The van der Waals surface area contributed by atoms with E-state index in [1.807, 2.05) is 18.3 Å². The van der Waals surface area contributed by atoms with Crippen molar-refractivity contribution < 1.29 is 0 Å². The van der Waals surface area contributed by atoms with Crippen molar-refractivity contribution in [2.45, 2.75) is 59.7 Å². The minimum atomic E-state index is -0.00120. The van der Waals surface area contributed by atoms with Gasteiger partial charge in [-0.3, -0.25) is 14.6 Å². The standard InChI is InChI=1S/C22H28N6/c1-15-19(16(2)28(26-15)22(3,4)5)14-27-11-8-20-18(13-27)12-24-21(25-20)17-6-9-23-10-7-17/h6-7,9-10,12H,8,11,13-14H2,1-5H3. The van der Waals surface area contributed by atoms with Crippen molar-refractivity contribution >= 4 is 0 Å². The first-order valence-corrected chi connectivity index (χ1v) is 9.86. The summed E-state index contributed by atoms with van der Waals surface area (Å²) in [4.78, 5) is 16.0. The largest absolute Gasteiger partial charge is 0.294 e. The summed E-state index contributed by atoms with van der Waals surface area (Å²) >= 11 is 0. The van der Waals surface area contributed by atoms with Crippen LogP contribution in [0.2, 0.25) is 0 Å². The van der Waals surface area contributed by atoms with E-state index in [1.165, 1.54) is 16.8 Å². The van der Waals surface area contributed by atoms with Gasteiger partial charge in [0.2, 0.25) is 0 Å². The van der Waals surface area contributed by atoms with Crippen molar-refractivity contribution in [3.8, 4) is 11.4 Å². The van der Waals surface area contributed by atoms with E-state index in [0.29, 0.717) is 0 Å². The van der Waals surface area contributed by atoms with Gasteiger partial charge in [-0.15, -0.1) is 0 Å². The third kappa shape index (κ3) is 3.56. The number of fused-ring (bicyclic) bond motifs is 1. The van der Waals surface area contributed by atoms with E-state index in [1.54, 1.807) is 12.4 Å². The lowest BCUT2D eigenvalue weighted by Gasteiger charge is -2.28. The summed E-state index contributed by atoms with van der Waals surface area (Å²) in [5.74, 6) is 0.785. The summed E-state index contributed by atoms with van der Waals surface area (Å²) in [5, 5.41) is 4.80. The molecule has 0 unspecified atom stereocenters. The van der Waals surface area contributed by atoms with Crippen molar-refractivity contribution in [3.63, 3.8) is 0 Å². The molecule has 146 valence electrons. The second-order valence-corrected chi connectivity index (χ2v) is 8.59. The van der Waals surface area contributed by atoms with Crippen LogP contribution in [0.5, 0.6) is 0 Å². The molecule has 0 spiro atoms. The van der Waals surface area contributed by atoms with Gasteiger partial charge < -0.3 is 0 Å². The lowest BCUT2D eigenvalue weighted by molar-refractivity contribution is 0.241. The number of hydrogen-bond donors (Lipinski definition) is 0. The monoisotopic (exact) mass is 376 g/mol. The highest BCUT2D eigenvalue weighted by Crippen LogP contribution is 2.26. The molecular weight excluding hydrogens is 348 g/mol. The Morgan fingerprint density at radius 3 is 2.54 bits per heavy atom. The fourth-order valence-electron chi connectivity index (χ4n) is 3.93. The Hall–Kier alpha value is -2.60. The Morgan fingerprint density at radius 2 is 1.86 bits per heavy atom. The molecule has 0 amide bonds. The van der Waals surface area contributed by atoms with Gasteiger partial charge in [0.05, 0.1) is 16.9 Å². The fourth-order valence-corrected chi connectivity index (χ4v) is 3.93. The molecule has 0 bridgehead atoms. The Bertz CT molecular complexity index is 984. The number of nitrogens with zero attached hydrogens (tertiary/aromatic N) is 6. The van der Waals surface area contributed by atoms with Crippen LogP contribution in [0, 0.1) is 13.8 Å². The van der Waals surface area contributed by atoms with Crippen molar-refractivity contribution in [1.29, 1.82) is 0 Å². The SMILES string of the molecule is Cc1nn(C(C)(C)C)c(C)c1CN1CCc2nc(-c3ccncc3)ncc2C1. The minimum Gasteiger partial charge on any atom is -0.294 e. The summed E-state index contributed by atoms with van der Waals surface area (Å²) < 4.78 is 2.15. The van der Waals surface area contributed by atoms with Gasteiger partial charge in [0.1, 0.15) is 0 Å². The molecule has 0 aromatic carbocycles. The molecule has 0 atom stereocenters. The second-order valence-electron chi connectivity index (χ2n) is 8.59. The maximum atomic E-state index is 4.81. The first kappa shape index (κ1) is 18.7. The first-order chi connectivity index (χ1) is 13.3. The van der Waals surface area contributed by atoms with Crippen LogP contribution in [0.3, 0.4) is 0 Å². The average Bonchev–Trinajstić information content (AvgIpc) is 2.97. The Labute approximate surface area is 166 Å². The zero-order chi connectivity index (χ0) is 19.9. The maximum Gasteiger partial charge on any atom is 0.159 e. The van der Waals surface area contributed by atoms with E-state index in [2.05, 4.69) is 54.2 Å². The van der Waals surface area contributed by atoms with Crippen LogP contribution in [0.4, 0.5) is 0 Å². The minimum absolute atomic E-state index is 0.00120. The highest BCUT2D eigenvalue weighted by atomic mass is 15.3. The lowest BCUT2D eigenvalue weighted by atomic mass is 10.0. The quantitative estimate of drug-likeness (QED) is 0.698. The predicted molar refractivity (Wildman–Crippen MR) is 110 cm³/mol. The topological polar surface area (TPSA) is 59.7 Å². The molecule has 4 rings (SSSR count). The zero-order valence-electron chi connectivity index (χ0n) is 17.4. The summed E-state index contributed by atoms with van der Waals surface area (Å²) in [6.07, 6.45) is 6.49. The molecule has 6 nitrogen and oxygen atoms in total. The Morgan fingerprint density at radius 1 is 1.11 bits per heavy atom. The van der Waals surface area contributed by atoms with Crippen LogP contribution < -0.4 is 0 Å². The number of rotatable bonds is 3. The number of hydrogen-bond acceptors (Lipinski definition) is 5. The normalized spacial score (nSPS) is 14.9. The van der Waals surface area contributed by atoms with Crippen molar-refractivity contribution in [1.82, 2.24) is 29.6 Å². The summed E-state index contributed by atoms with van der Waals surface area (Å²) in [7, 11) is 0. The summed E-state index contributed by atoms with van der Waals surface area (Å²) in [6.45, 7) is 13.7. The smallest absolute Gasteiger partial charge is 0.159 e. The van der Waals surface area contributed by atoms with E-state index in [4.69, 9.17) is 10.1 Å². The number of pyridine rings is 1. The third-order valence-corrected chi connectivity index (χ3v) is 5.41. The van der Waals surface area contributed by atoms with Gasteiger partial charge in [-0.25, -0.2) is 9.97 Å². The van der Waals surface area contributed by atoms with Gasteiger partial charge in [-0.1, -0.05) is 0 Å². The molecular formula is C22H28N6. The molecule has 0 saturated heterocycles. The molecule has 28 heavy (non-hydrogen) atoms. The maximum absolute atomic E-state index is 4.81. The fraction of sp³-hybridized carbons (Fsp3) is 0.455. The molecule has 0 saturated carbocycles. The van der Waals surface area contributed by atoms with Crippen LogP contribution in [-0.2, 0) is 25.0 Å². The second kappa shape index (κ2) is 7.09. The number of aromatic nitrogens is 5. The van der Waals surface area contributed by atoms with Crippen molar-refractivity contribution in [3.05, 3.63) is 58.9 Å². The van der Waals surface area contributed by atoms with Crippen molar-refractivity contribution in [2.24, 2.45) is 0 Å². The highest BCUT2D eigenvalue weighted by molar-refractivity contribution is 5.54. The molecule has 1 aliphatic heterocycles. The molecule has 0 radical (unpaired) electrons. The van der Waals surface area contributed by atoms with Crippen LogP contribution >= 0.6 is 0 Å². The molecule has 0 N–H and O–H groups in total. The van der Waals surface area contributed by atoms with Gasteiger partial charge in [0.25, 0.3) is 0 Å². The molecule has 3 aromatic rings. The van der Waals surface area contributed by atoms with E-state index >= 15 is 0 Å². The van der Waals surface area contributed by atoms with E-state index in [0.717, 1.165) is 48.8 Å². The molecule has 0 fully saturated rings. The highest BCUT2D eigenvalue weighted by Gasteiger charge is 2.24.